The van der Waals surface area contributed by atoms with Crippen LogP contribution in [0.2, 0.25) is 0 Å². The number of nitrogens with two attached hydrogens (primary N) is 2. The summed E-state index contributed by atoms with van der Waals surface area (Å²) < 4.78 is 0. The molecular weight excluding hydrogens is 514 g/mol. The zero-order valence-corrected chi connectivity index (χ0v) is 22.0. The molecule has 198 valence electrons. The highest BCUT2D eigenvalue weighted by Gasteiger charge is 2.46. The highest BCUT2D eigenvalue weighted by atomic mass is 32.1. The van der Waals surface area contributed by atoms with Gasteiger partial charge in [-0.2, -0.15) is 11.3 Å². The Morgan fingerprint density at radius 1 is 1.24 bits per heavy atom. The number of guanidine groups is 1. The summed E-state index contributed by atoms with van der Waals surface area (Å²) in [5, 5.41) is 8.86. The summed E-state index contributed by atoms with van der Waals surface area (Å²) in [5.41, 5.74) is 11.9. The van der Waals surface area contributed by atoms with Crippen molar-refractivity contribution in [2.45, 2.75) is 56.7 Å². The lowest BCUT2D eigenvalue weighted by Gasteiger charge is -2.39. The largest absolute Gasteiger partial charge is 0.370 e. The van der Waals surface area contributed by atoms with E-state index >= 15 is 0 Å². The number of carbonyl (C=O) groups is 4. The average molecular weight is 546 g/mol. The van der Waals surface area contributed by atoms with E-state index in [9.17, 15) is 19.2 Å². The zero-order valence-electron chi connectivity index (χ0n) is 20.4. The lowest BCUT2D eigenvalue weighted by molar-refractivity contribution is -0.151. The first-order chi connectivity index (χ1) is 17.8. The van der Waals surface area contributed by atoms with Crippen molar-refractivity contribution in [1.82, 2.24) is 20.1 Å². The van der Waals surface area contributed by atoms with Crippen LogP contribution >= 0.6 is 22.7 Å². The molecule has 2 aromatic heterocycles. The Balaban J connectivity index is 1.36. The van der Waals surface area contributed by atoms with Gasteiger partial charge >= 0.3 is 0 Å². The van der Waals surface area contributed by atoms with Gasteiger partial charge < -0.3 is 26.6 Å². The summed E-state index contributed by atoms with van der Waals surface area (Å²) in [6, 6.07) is 0.304. The molecule has 2 aromatic rings. The summed E-state index contributed by atoms with van der Waals surface area (Å²) in [6.07, 6.45) is 4.44. The minimum Gasteiger partial charge on any atom is -0.370 e. The number of nitrogens with one attached hydrogen (secondary N) is 1. The van der Waals surface area contributed by atoms with Crippen LogP contribution in [0.15, 0.2) is 33.4 Å². The molecule has 0 radical (unpaired) electrons. The van der Waals surface area contributed by atoms with E-state index < -0.39 is 12.1 Å². The normalized spacial score (nSPS) is 19.8. The number of aryl methyl sites for hydroxylation is 1. The SMILES string of the molecule is NC(N)=NCCCC(NC(=O)C1CC[C@H]2CN(C(=O)CCc3ccsc3)CC(=O)N12)C(=O)c1nccs1. The maximum Gasteiger partial charge on any atom is 0.243 e. The Morgan fingerprint density at radius 2 is 2.08 bits per heavy atom. The number of piperazine rings is 1. The Hall–Kier alpha value is -3.32. The number of nitrogens with zero attached hydrogens (tertiary/aromatic N) is 4. The Morgan fingerprint density at radius 3 is 2.78 bits per heavy atom. The number of carbonyl (C=O) groups excluding carboxylic acids is 4. The molecule has 0 bridgehead atoms. The molecule has 2 fully saturated rings. The van der Waals surface area contributed by atoms with Crippen molar-refractivity contribution in [1.29, 1.82) is 0 Å². The van der Waals surface area contributed by atoms with E-state index in [-0.39, 0.29) is 42.1 Å². The van der Waals surface area contributed by atoms with Crippen LogP contribution in [0.5, 0.6) is 0 Å². The monoisotopic (exact) mass is 545 g/mol. The van der Waals surface area contributed by atoms with Gasteiger partial charge in [0.1, 0.15) is 6.04 Å². The summed E-state index contributed by atoms with van der Waals surface area (Å²) in [7, 11) is 0. The number of rotatable bonds is 11. The predicted octanol–water partition coefficient (Wildman–Crippen LogP) is 0.760. The van der Waals surface area contributed by atoms with Crippen LogP contribution in [0, 0.1) is 0 Å². The van der Waals surface area contributed by atoms with Crippen molar-refractivity contribution >= 4 is 52.1 Å². The van der Waals surface area contributed by atoms with Crippen molar-refractivity contribution in [2.75, 3.05) is 19.6 Å². The first-order valence-electron chi connectivity index (χ1n) is 12.2. The molecular formula is C24H31N7O4S2. The molecule has 0 saturated carbocycles. The van der Waals surface area contributed by atoms with E-state index in [1.54, 1.807) is 26.5 Å². The van der Waals surface area contributed by atoms with Crippen LogP contribution in [0.1, 0.15) is 47.5 Å². The van der Waals surface area contributed by atoms with Gasteiger partial charge in [-0.3, -0.25) is 24.2 Å². The van der Waals surface area contributed by atoms with Gasteiger partial charge in [-0.25, -0.2) is 4.98 Å². The number of amides is 3. The molecule has 4 heterocycles. The maximum absolute atomic E-state index is 13.3. The third kappa shape index (κ3) is 6.72. The van der Waals surface area contributed by atoms with Gasteiger partial charge in [0.15, 0.2) is 11.0 Å². The van der Waals surface area contributed by atoms with E-state index in [2.05, 4.69) is 15.3 Å². The third-order valence-corrected chi connectivity index (χ3v) is 8.15. The topological polar surface area (TPSA) is 164 Å². The minimum absolute atomic E-state index is 0.0357. The van der Waals surface area contributed by atoms with Crippen LogP contribution in [-0.2, 0) is 20.8 Å². The second-order valence-electron chi connectivity index (χ2n) is 9.17. The van der Waals surface area contributed by atoms with Gasteiger partial charge in [-0.1, -0.05) is 0 Å². The first kappa shape index (κ1) is 26.7. The third-order valence-electron chi connectivity index (χ3n) is 6.63. The lowest BCUT2D eigenvalue weighted by atomic mass is 10.1. The second kappa shape index (κ2) is 12.3. The fourth-order valence-corrected chi connectivity index (χ4v) is 6.16. The Kier molecular flexibility index (Phi) is 8.87. The number of Topliss-reactive ketones (excluding diaryl/α,β-unsaturated/α-hetero) is 1. The number of aliphatic imine (C=N–C) groups is 1. The van der Waals surface area contributed by atoms with Crippen molar-refractivity contribution in [3.63, 3.8) is 0 Å². The number of hydrogen-bond donors (Lipinski definition) is 3. The molecule has 0 spiro atoms. The van der Waals surface area contributed by atoms with Gasteiger partial charge in [0.25, 0.3) is 0 Å². The molecule has 2 aliphatic heterocycles. The quantitative estimate of drug-likeness (QED) is 0.162. The van der Waals surface area contributed by atoms with E-state index in [1.165, 1.54) is 17.5 Å². The van der Waals surface area contributed by atoms with Crippen LogP contribution in [0.4, 0.5) is 0 Å². The van der Waals surface area contributed by atoms with Crippen LogP contribution in [0.25, 0.3) is 0 Å². The second-order valence-corrected chi connectivity index (χ2v) is 10.8. The smallest absolute Gasteiger partial charge is 0.243 e. The fraction of sp³-hybridized carbons (Fsp3) is 0.500. The number of fused-ring (bicyclic) bond motifs is 1. The number of hydrogen-bond acceptors (Lipinski definition) is 8. The van der Waals surface area contributed by atoms with E-state index in [1.807, 2.05) is 16.8 Å². The molecule has 3 atom stereocenters. The summed E-state index contributed by atoms with van der Waals surface area (Å²) in [5.74, 6) is -0.985. The van der Waals surface area contributed by atoms with Crippen molar-refractivity contribution < 1.29 is 19.2 Å². The van der Waals surface area contributed by atoms with Gasteiger partial charge in [0.05, 0.1) is 18.6 Å². The molecule has 11 nitrogen and oxygen atoms in total. The summed E-state index contributed by atoms with van der Waals surface area (Å²) in [6.45, 7) is 0.701. The molecule has 5 N–H and O–H groups in total. The van der Waals surface area contributed by atoms with Gasteiger partial charge in [0, 0.05) is 31.1 Å². The minimum atomic E-state index is -0.804. The highest BCUT2D eigenvalue weighted by molar-refractivity contribution is 7.11. The molecule has 4 rings (SSSR count). The first-order valence-corrected chi connectivity index (χ1v) is 14.0. The van der Waals surface area contributed by atoms with E-state index in [4.69, 9.17) is 11.5 Å². The molecule has 3 amide bonds. The fourth-order valence-electron chi connectivity index (χ4n) is 4.83. The van der Waals surface area contributed by atoms with Gasteiger partial charge in [-0.05, 0) is 54.5 Å². The molecule has 13 heteroatoms. The Labute approximate surface area is 222 Å². The van der Waals surface area contributed by atoms with Crippen LogP contribution < -0.4 is 16.8 Å². The lowest BCUT2D eigenvalue weighted by Crippen LogP contribution is -2.60. The van der Waals surface area contributed by atoms with Crippen molar-refractivity contribution in [2.24, 2.45) is 16.5 Å². The molecule has 0 aliphatic carbocycles. The average Bonchev–Trinajstić information content (AvgIpc) is 3.65. The molecule has 0 aromatic carbocycles. The molecule has 2 unspecified atom stereocenters. The van der Waals surface area contributed by atoms with E-state index in [0.717, 1.165) is 5.56 Å². The van der Waals surface area contributed by atoms with Gasteiger partial charge in [0.2, 0.25) is 23.5 Å². The standard InChI is InChI=1S/C24H31N7O4S2/c25-24(26)28-8-1-2-17(21(34)23-27-9-11-37-23)29-22(35)18-5-4-16-12-30(13-20(33)31(16)18)19(32)6-3-15-7-10-36-14-15/h7,9-11,14,16-18H,1-6,8,12-13H2,(H,29,35)(H4,25,26,28)/t16-,17?,18?/m0/s1. The summed E-state index contributed by atoms with van der Waals surface area (Å²) in [4.78, 5) is 63.4. The number of thiazole rings is 1. The molecule has 2 saturated heterocycles. The molecule has 2 aliphatic rings. The maximum atomic E-state index is 13.3. The van der Waals surface area contributed by atoms with Crippen LogP contribution in [-0.4, -0.2) is 82.0 Å². The zero-order chi connectivity index (χ0) is 26.4. The molecule has 37 heavy (non-hydrogen) atoms. The number of thiophene rings is 1. The van der Waals surface area contributed by atoms with Crippen LogP contribution in [0.3, 0.4) is 0 Å². The Bertz CT molecular complexity index is 1130. The summed E-state index contributed by atoms with van der Waals surface area (Å²) >= 11 is 2.80. The van der Waals surface area contributed by atoms with E-state index in [0.29, 0.717) is 56.6 Å². The highest BCUT2D eigenvalue weighted by Crippen LogP contribution is 2.29. The van der Waals surface area contributed by atoms with Crippen molar-refractivity contribution in [3.8, 4) is 0 Å². The van der Waals surface area contributed by atoms with Gasteiger partial charge in [-0.15, -0.1) is 11.3 Å². The predicted molar refractivity (Wildman–Crippen MR) is 141 cm³/mol. The number of ketones is 1. The number of aromatic nitrogens is 1. The van der Waals surface area contributed by atoms with Crippen molar-refractivity contribution in [3.05, 3.63) is 39.0 Å².